The van der Waals surface area contributed by atoms with Crippen LogP contribution in [0.4, 0.5) is 0 Å². The van der Waals surface area contributed by atoms with Crippen molar-refractivity contribution in [3.05, 3.63) is 40.6 Å². The molecule has 12 N–H and O–H groups in total. The van der Waals surface area contributed by atoms with Crippen LogP contribution in [0, 0.1) is 0 Å². The summed E-state index contributed by atoms with van der Waals surface area (Å²) in [7, 11) is 0. The number of benzene rings is 2. The fraction of sp³-hybridized carbons (Fsp3) is 0.545. The van der Waals surface area contributed by atoms with E-state index in [2.05, 4.69) is 0 Å². The highest BCUT2D eigenvalue weighted by Crippen LogP contribution is 2.39. The third-order valence-electron chi connectivity index (χ3n) is 9.34. The lowest BCUT2D eigenvalue weighted by atomic mass is 9.97. The number of hydrogen-bond donors (Lipinski definition) is 12. The van der Waals surface area contributed by atoms with Crippen molar-refractivity contribution in [1.29, 1.82) is 0 Å². The Morgan fingerprint density at radius 3 is 1.93 bits per heavy atom. The molecule has 2 aromatic carbocycles. The number of fused-ring (bicyclic) bond motifs is 1. The first-order valence-electron chi connectivity index (χ1n) is 16.7. The van der Waals surface area contributed by atoms with Gasteiger partial charge < -0.3 is 94.4 Å². The molecule has 3 saturated heterocycles. The number of phenols is 3. The summed E-state index contributed by atoms with van der Waals surface area (Å²) in [6.45, 7) is 1.97. The average Bonchev–Trinajstić information content (AvgIpc) is 3.15. The van der Waals surface area contributed by atoms with Crippen molar-refractivity contribution < 1.29 is 104 Å². The Hall–Kier alpha value is -3.95. The lowest BCUT2D eigenvalue weighted by molar-refractivity contribution is -0.401. The van der Waals surface area contributed by atoms with Crippen LogP contribution in [-0.4, -0.2) is 160 Å². The second kappa shape index (κ2) is 16.3. The second-order valence-electron chi connectivity index (χ2n) is 13.1. The normalized spacial score (nSPS) is 36.8. The summed E-state index contributed by atoms with van der Waals surface area (Å²) in [5.41, 5.74) is -1.56. The third kappa shape index (κ3) is 7.89. The SMILES string of the molecule is CC1OC(OOc2c(-c3ccc(O)c(O)c3)oc3cc(OOC4OC(C)C(O)C(OC5OC(CO)C(O)C(O)C5O)C4O)cc(O)c3c2=O)C(O)C(O)C1O. The molecule has 3 aliphatic heterocycles. The Morgan fingerprint density at radius 2 is 1.25 bits per heavy atom. The lowest BCUT2D eigenvalue weighted by Gasteiger charge is -2.45. The molecule has 22 heteroatoms. The predicted octanol–water partition coefficient (Wildman–Crippen LogP) is -3.32. The van der Waals surface area contributed by atoms with E-state index in [1.54, 1.807) is 0 Å². The molecule has 0 aliphatic carbocycles. The maximum atomic E-state index is 13.8. The molecule has 3 aliphatic rings. The van der Waals surface area contributed by atoms with Crippen molar-refractivity contribution in [2.45, 2.75) is 106 Å². The Kier molecular flexibility index (Phi) is 12.0. The number of hydrogen-bond acceptors (Lipinski definition) is 22. The monoisotopic (exact) mass is 788 g/mol. The number of ether oxygens (including phenoxy) is 4. The van der Waals surface area contributed by atoms with Gasteiger partial charge in [-0.25, -0.2) is 0 Å². The molecule has 0 bridgehead atoms. The predicted molar refractivity (Wildman–Crippen MR) is 174 cm³/mol. The maximum Gasteiger partial charge on any atom is 0.256 e. The zero-order valence-corrected chi connectivity index (χ0v) is 28.7. The van der Waals surface area contributed by atoms with Gasteiger partial charge >= 0.3 is 0 Å². The smallest absolute Gasteiger partial charge is 0.256 e. The fourth-order valence-electron chi connectivity index (χ4n) is 6.10. The third-order valence-corrected chi connectivity index (χ3v) is 9.34. The van der Waals surface area contributed by atoms with Gasteiger partial charge in [-0.1, -0.05) is 0 Å². The number of rotatable bonds is 10. The highest BCUT2D eigenvalue weighted by molar-refractivity contribution is 5.88. The minimum Gasteiger partial charge on any atom is -0.507 e. The molecular weight excluding hydrogens is 748 g/mol. The first-order chi connectivity index (χ1) is 26.0. The van der Waals surface area contributed by atoms with Crippen LogP contribution in [0.15, 0.2) is 39.5 Å². The molecule has 304 valence electrons. The topological polar surface area (TPSA) is 347 Å². The highest BCUT2D eigenvalue weighted by atomic mass is 17.2. The summed E-state index contributed by atoms with van der Waals surface area (Å²) >= 11 is 0. The summed E-state index contributed by atoms with van der Waals surface area (Å²) in [6.07, 6.45) is -24.3. The number of aliphatic hydroxyl groups excluding tert-OH is 9. The molecule has 0 radical (unpaired) electrons. The molecule has 0 saturated carbocycles. The molecule has 22 nitrogen and oxygen atoms in total. The molecule has 55 heavy (non-hydrogen) atoms. The molecule has 1 aromatic heterocycles. The van der Waals surface area contributed by atoms with E-state index in [4.69, 9.17) is 42.9 Å². The van der Waals surface area contributed by atoms with Crippen LogP contribution in [0.3, 0.4) is 0 Å². The summed E-state index contributed by atoms with van der Waals surface area (Å²) in [5.74, 6) is -3.56. The Morgan fingerprint density at radius 1 is 0.636 bits per heavy atom. The van der Waals surface area contributed by atoms with E-state index < -0.39 is 144 Å². The van der Waals surface area contributed by atoms with Crippen LogP contribution in [-0.2, 0) is 28.7 Å². The molecule has 15 unspecified atom stereocenters. The van der Waals surface area contributed by atoms with Gasteiger partial charge in [-0.3, -0.25) is 4.79 Å². The van der Waals surface area contributed by atoms with E-state index in [0.717, 1.165) is 24.3 Å². The quantitative estimate of drug-likeness (QED) is 0.0543. The van der Waals surface area contributed by atoms with Crippen LogP contribution in [0.2, 0.25) is 0 Å². The summed E-state index contributed by atoms with van der Waals surface area (Å²) in [4.78, 5) is 34.7. The van der Waals surface area contributed by atoms with Crippen molar-refractivity contribution in [2.24, 2.45) is 0 Å². The Bertz CT molecular complexity index is 1870. The van der Waals surface area contributed by atoms with Crippen LogP contribution in [0.1, 0.15) is 13.8 Å². The average molecular weight is 789 g/mol. The molecule has 0 amide bonds. The molecule has 4 heterocycles. The van der Waals surface area contributed by atoms with Gasteiger partial charge in [0.25, 0.3) is 5.75 Å². The summed E-state index contributed by atoms with van der Waals surface area (Å²) in [5, 5.41) is 123. The van der Waals surface area contributed by atoms with Gasteiger partial charge in [0, 0.05) is 17.7 Å². The van der Waals surface area contributed by atoms with Crippen molar-refractivity contribution in [3.8, 4) is 40.1 Å². The van der Waals surface area contributed by atoms with E-state index in [-0.39, 0.29) is 11.3 Å². The summed E-state index contributed by atoms with van der Waals surface area (Å²) in [6, 6.07) is 5.19. The first-order valence-corrected chi connectivity index (χ1v) is 16.7. The van der Waals surface area contributed by atoms with Crippen LogP contribution >= 0.6 is 0 Å². The number of phenolic OH excluding ortho intramolecular Hbond substituents is 3. The minimum absolute atomic E-state index is 0.0828. The standard InChI is InChI=1S/C33H40O22/c1-9-19(38)23(42)26(45)32(47-9)55-53-30-22(41)18-15(37)6-12(7-16(18)49-28(30)11-3-4-13(35)14(36)5-11)52-54-33-27(46)29(20(39)10(2)48-33)51-31-25(44)24(43)21(40)17(8-34)50-31/h3-7,9-10,17,19-21,23-27,29,31-40,42-46H,8H2,1-2H3. The minimum atomic E-state index is -1.89. The van der Waals surface area contributed by atoms with Gasteiger partial charge in [-0.05, 0) is 32.0 Å². The number of aliphatic hydroxyl groups is 9. The largest absolute Gasteiger partial charge is 0.507 e. The van der Waals surface area contributed by atoms with Gasteiger partial charge in [0.15, 0.2) is 29.3 Å². The van der Waals surface area contributed by atoms with Crippen LogP contribution < -0.4 is 15.2 Å². The molecule has 15 atom stereocenters. The maximum absolute atomic E-state index is 13.8. The van der Waals surface area contributed by atoms with E-state index >= 15 is 0 Å². The summed E-state index contributed by atoms with van der Waals surface area (Å²) < 4.78 is 27.6. The van der Waals surface area contributed by atoms with E-state index in [1.807, 2.05) is 0 Å². The van der Waals surface area contributed by atoms with Crippen molar-refractivity contribution in [3.63, 3.8) is 0 Å². The molecule has 0 spiro atoms. The van der Waals surface area contributed by atoms with Gasteiger partial charge in [0.1, 0.15) is 77.8 Å². The first kappa shape index (κ1) is 40.7. The molecule has 3 fully saturated rings. The fourth-order valence-corrected chi connectivity index (χ4v) is 6.10. The molecular formula is C33H40O22. The number of aromatic hydroxyl groups is 3. The zero-order chi connectivity index (χ0) is 40.0. The Balaban J connectivity index is 1.26. The van der Waals surface area contributed by atoms with Crippen molar-refractivity contribution >= 4 is 11.0 Å². The van der Waals surface area contributed by atoms with Gasteiger partial charge in [0.2, 0.25) is 18.0 Å². The highest BCUT2D eigenvalue weighted by Gasteiger charge is 2.51. The Labute approximate surface area is 308 Å². The second-order valence-corrected chi connectivity index (χ2v) is 13.1. The van der Waals surface area contributed by atoms with Crippen molar-refractivity contribution in [1.82, 2.24) is 0 Å². The van der Waals surface area contributed by atoms with Gasteiger partial charge in [-0.15, -0.1) is 0 Å². The van der Waals surface area contributed by atoms with Gasteiger partial charge in [-0.2, -0.15) is 9.78 Å². The molecule has 6 rings (SSSR count). The van der Waals surface area contributed by atoms with E-state index in [9.17, 15) is 66.1 Å². The lowest BCUT2D eigenvalue weighted by Crippen LogP contribution is -2.64. The van der Waals surface area contributed by atoms with Crippen molar-refractivity contribution in [2.75, 3.05) is 6.61 Å². The molecule has 3 aromatic rings. The van der Waals surface area contributed by atoms with Crippen LogP contribution in [0.5, 0.6) is 28.7 Å². The van der Waals surface area contributed by atoms with Gasteiger partial charge in [0.05, 0.1) is 18.8 Å². The van der Waals surface area contributed by atoms with E-state index in [0.29, 0.717) is 0 Å². The van der Waals surface area contributed by atoms with Crippen LogP contribution in [0.25, 0.3) is 22.3 Å². The van der Waals surface area contributed by atoms with E-state index in [1.165, 1.54) is 19.9 Å². The zero-order valence-electron chi connectivity index (χ0n) is 28.7.